The molecule has 1 aromatic carbocycles. The number of hydrogen-bond donors (Lipinski definition) is 2. The van der Waals surface area contributed by atoms with E-state index in [9.17, 15) is 4.79 Å². The maximum absolute atomic E-state index is 12.3. The van der Waals surface area contributed by atoms with E-state index in [4.69, 9.17) is 10.5 Å². The predicted octanol–water partition coefficient (Wildman–Crippen LogP) is 2.98. The summed E-state index contributed by atoms with van der Waals surface area (Å²) in [6, 6.07) is 5.39. The first kappa shape index (κ1) is 14.7. The van der Waals surface area contributed by atoms with E-state index < -0.39 is 0 Å². The fraction of sp³-hybridized carbons (Fsp3) is 0.562. The van der Waals surface area contributed by atoms with Crippen LogP contribution in [0.3, 0.4) is 0 Å². The lowest BCUT2D eigenvalue weighted by Gasteiger charge is -2.20. The Morgan fingerprint density at radius 3 is 2.75 bits per heavy atom. The molecule has 0 aromatic heterocycles. The number of carbonyl (C=O) groups is 1. The van der Waals surface area contributed by atoms with Gasteiger partial charge in [-0.2, -0.15) is 0 Å². The molecular weight excluding hydrogens is 252 g/mol. The Balaban J connectivity index is 2.04. The van der Waals surface area contributed by atoms with Crippen molar-refractivity contribution in [3.63, 3.8) is 0 Å². The first-order valence-corrected chi connectivity index (χ1v) is 7.44. The Hall–Kier alpha value is -1.71. The molecule has 110 valence electrons. The van der Waals surface area contributed by atoms with E-state index in [0.29, 0.717) is 29.5 Å². The normalized spacial score (nSPS) is 16.9. The summed E-state index contributed by atoms with van der Waals surface area (Å²) >= 11 is 0. The summed E-state index contributed by atoms with van der Waals surface area (Å²) in [5, 5.41) is 3.08. The van der Waals surface area contributed by atoms with Crippen LogP contribution in [-0.4, -0.2) is 18.6 Å². The van der Waals surface area contributed by atoms with Crippen LogP contribution in [0.15, 0.2) is 18.2 Å². The lowest BCUT2D eigenvalue weighted by Crippen LogP contribution is -2.37. The first-order chi connectivity index (χ1) is 9.60. The summed E-state index contributed by atoms with van der Waals surface area (Å²) in [7, 11) is 0. The number of anilines is 1. The molecule has 0 aliphatic heterocycles. The van der Waals surface area contributed by atoms with Crippen LogP contribution >= 0.6 is 0 Å². The van der Waals surface area contributed by atoms with E-state index in [-0.39, 0.29) is 11.9 Å². The summed E-state index contributed by atoms with van der Waals surface area (Å²) < 4.78 is 5.42. The van der Waals surface area contributed by atoms with Crippen molar-refractivity contribution in [2.45, 2.75) is 45.6 Å². The molecule has 0 radical (unpaired) electrons. The molecule has 20 heavy (non-hydrogen) atoms. The van der Waals surface area contributed by atoms with Crippen molar-refractivity contribution in [3.05, 3.63) is 23.8 Å². The molecule has 0 spiro atoms. The highest BCUT2D eigenvalue weighted by Crippen LogP contribution is 2.28. The van der Waals surface area contributed by atoms with Gasteiger partial charge in [0.1, 0.15) is 5.75 Å². The average Bonchev–Trinajstić information content (AvgIpc) is 2.92. The smallest absolute Gasteiger partial charge is 0.251 e. The molecular formula is C16H24N2O2. The molecule has 0 bridgehead atoms. The van der Waals surface area contributed by atoms with Gasteiger partial charge in [0.05, 0.1) is 6.61 Å². The minimum Gasteiger partial charge on any atom is -0.494 e. The zero-order valence-corrected chi connectivity index (χ0v) is 12.3. The Morgan fingerprint density at radius 1 is 1.40 bits per heavy atom. The van der Waals surface area contributed by atoms with Gasteiger partial charge in [0.25, 0.3) is 5.91 Å². The van der Waals surface area contributed by atoms with Crippen LogP contribution in [0.1, 0.15) is 49.9 Å². The van der Waals surface area contributed by atoms with Crippen molar-refractivity contribution in [2.75, 3.05) is 12.3 Å². The molecule has 0 heterocycles. The minimum absolute atomic E-state index is 0.0716. The number of benzene rings is 1. The summed E-state index contributed by atoms with van der Waals surface area (Å²) in [4.78, 5) is 12.3. The molecule has 1 amide bonds. The lowest BCUT2D eigenvalue weighted by atomic mass is 9.99. The Morgan fingerprint density at radius 2 is 2.10 bits per heavy atom. The van der Waals surface area contributed by atoms with Gasteiger partial charge < -0.3 is 15.8 Å². The average molecular weight is 276 g/mol. The van der Waals surface area contributed by atoms with Gasteiger partial charge in [-0.25, -0.2) is 0 Å². The molecule has 1 unspecified atom stereocenters. The summed E-state index contributed by atoms with van der Waals surface area (Å²) in [5.41, 5.74) is 6.94. The zero-order valence-electron chi connectivity index (χ0n) is 12.3. The van der Waals surface area contributed by atoms with Crippen molar-refractivity contribution in [1.29, 1.82) is 0 Å². The van der Waals surface area contributed by atoms with E-state index >= 15 is 0 Å². The van der Waals surface area contributed by atoms with Crippen LogP contribution < -0.4 is 15.8 Å². The van der Waals surface area contributed by atoms with Crippen molar-refractivity contribution < 1.29 is 9.53 Å². The molecule has 0 saturated heterocycles. The second-order valence-corrected chi connectivity index (χ2v) is 5.53. The topological polar surface area (TPSA) is 64.3 Å². The number of nitrogens with two attached hydrogens (primary N) is 1. The van der Waals surface area contributed by atoms with Gasteiger partial charge in [-0.05, 0) is 44.7 Å². The third-order valence-electron chi connectivity index (χ3n) is 3.97. The maximum atomic E-state index is 12.3. The summed E-state index contributed by atoms with van der Waals surface area (Å²) in [6.45, 7) is 4.55. The van der Waals surface area contributed by atoms with Crippen LogP contribution in [0.2, 0.25) is 0 Å². The van der Waals surface area contributed by atoms with Crippen LogP contribution in [0, 0.1) is 5.92 Å². The lowest BCUT2D eigenvalue weighted by molar-refractivity contribution is 0.0927. The molecule has 3 N–H and O–H groups in total. The Kier molecular flexibility index (Phi) is 4.88. The number of nitrogen functional groups attached to an aromatic ring is 1. The van der Waals surface area contributed by atoms with E-state index in [2.05, 4.69) is 12.2 Å². The van der Waals surface area contributed by atoms with Gasteiger partial charge >= 0.3 is 0 Å². The van der Waals surface area contributed by atoms with Gasteiger partial charge in [-0.15, -0.1) is 0 Å². The van der Waals surface area contributed by atoms with Crippen LogP contribution in [0.5, 0.6) is 5.75 Å². The fourth-order valence-electron chi connectivity index (χ4n) is 2.87. The molecule has 4 heteroatoms. The van der Waals surface area contributed by atoms with Crippen LogP contribution in [0.25, 0.3) is 0 Å². The Bertz CT molecular complexity index is 468. The van der Waals surface area contributed by atoms with Crippen molar-refractivity contribution in [1.82, 2.24) is 5.32 Å². The first-order valence-electron chi connectivity index (χ1n) is 7.44. The van der Waals surface area contributed by atoms with Crippen LogP contribution in [-0.2, 0) is 0 Å². The molecule has 1 aliphatic rings. The maximum Gasteiger partial charge on any atom is 0.251 e. The van der Waals surface area contributed by atoms with E-state index in [1.54, 1.807) is 18.2 Å². The highest BCUT2D eigenvalue weighted by Gasteiger charge is 2.23. The van der Waals surface area contributed by atoms with Gasteiger partial charge in [-0.3, -0.25) is 4.79 Å². The van der Waals surface area contributed by atoms with E-state index in [1.807, 2.05) is 6.92 Å². The molecule has 1 fully saturated rings. The van der Waals surface area contributed by atoms with Gasteiger partial charge in [0.15, 0.2) is 0 Å². The highest BCUT2D eigenvalue weighted by molar-refractivity contribution is 5.95. The zero-order chi connectivity index (χ0) is 14.5. The van der Waals surface area contributed by atoms with Crippen LogP contribution in [0.4, 0.5) is 5.69 Å². The third kappa shape index (κ3) is 3.65. The number of carbonyl (C=O) groups excluding carboxylic acids is 1. The molecule has 1 atom stereocenters. The predicted molar refractivity (Wildman–Crippen MR) is 80.9 cm³/mol. The quantitative estimate of drug-likeness (QED) is 0.813. The second kappa shape index (κ2) is 6.64. The standard InChI is InChI=1S/C16H24N2O2/c1-3-20-15-9-13(8-14(17)10-15)16(19)18-11(2)12-6-4-5-7-12/h8-12H,3-7,17H2,1-2H3,(H,18,19). The SMILES string of the molecule is CCOc1cc(N)cc(C(=O)NC(C)C2CCCC2)c1. The molecule has 4 nitrogen and oxygen atoms in total. The van der Waals surface area contributed by atoms with E-state index in [0.717, 1.165) is 0 Å². The van der Waals surface area contributed by atoms with Gasteiger partial charge in [0, 0.05) is 23.4 Å². The number of ether oxygens (including phenoxy) is 1. The fourth-order valence-corrected chi connectivity index (χ4v) is 2.87. The van der Waals surface area contributed by atoms with E-state index in [1.165, 1.54) is 25.7 Å². The molecule has 1 aromatic rings. The number of nitrogens with one attached hydrogen (secondary N) is 1. The number of amides is 1. The molecule has 1 saturated carbocycles. The largest absolute Gasteiger partial charge is 0.494 e. The Labute approximate surface area is 120 Å². The van der Waals surface area contributed by atoms with Crippen molar-refractivity contribution in [2.24, 2.45) is 5.92 Å². The third-order valence-corrected chi connectivity index (χ3v) is 3.97. The van der Waals surface area contributed by atoms with Gasteiger partial charge in [0.2, 0.25) is 0 Å². The summed E-state index contributed by atoms with van der Waals surface area (Å²) in [5.74, 6) is 1.18. The molecule has 2 rings (SSSR count). The second-order valence-electron chi connectivity index (χ2n) is 5.53. The van der Waals surface area contributed by atoms with Crippen molar-refractivity contribution >= 4 is 11.6 Å². The van der Waals surface area contributed by atoms with Gasteiger partial charge in [-0.1, -0.05) is 12.8 Å². The molecule has 1 aliphatic carbocycles. The van der Waals surface area contributed by atoms with Crippen molar-refractivity contribution in [3.8, 4) is 5.75 Å². The monoisotopic (exact) mass is 276 g/mol. The summed E-state index contributed by atoms with van der Waals surface area (Å²) in [6.07, 6.45) is 4.97. The number of rotatable bonds is 5. The number of hydrogen-bond acceptors (Lipinski definition) is 3. The minimum atomic E-state index is -0.0716. The highest BCUT2D eigenvalue weighted by atomic mass is 16.5.